The van der Waals surface area contributed by atoms with E-state index in [0.29, 0.717) is 22.2 Å². The largest absolute Gasteiger partial charge is 0.396 e. The Kier molecular flexibility index (Phi) is 5.45. The zero-order valence-electron chi connectivity index (χ0n) is 13.3. The van der Waals surface area contributed by atoms with Crippen LogP contribution in [0, 0.1) is 0 Å². The number of likely N-dealkylation sites (tertiary alicyclic amines) is 1. The minimum Gasteiger partial charge on any atom is -0.396 e. The first-order chi connectivity index (χ1) is 11.5. The van der Waals surface area contributed by atoms with Gasteiger partial charge in [0.15, 0.2) is 0 Å². The van der Waals surface area contributed by atoms with Crippen molar-refractivity contribution in [2.75, 3.05) is 18.1 Å². The van der Waals surface area contributed by atoms with E-state index in [-0.39, 0.29) is 30.9 Å². The monoisotopic (exact) mass is 370 g/mol. The van der Waals surface area contributed by atoms with Gasteiger partial charge in [-0.1, -0.05) is 29.6 Å². The second kappa shape index (κ2) is 7.40. The van der Waals surface area contributed by atoms with Crippen LogP contribution in [0.3, 0.4) is 0 Å². The molecule has 1 aromatic rings. The van der Waals surface area contributed by atoms with Gasteiger partial charge in [-0.2, -0.15) is 0 Å². The summed E-state index contributed by atoms with van der Waals surface area (Å²) >= 11 is 12.0. The molecule has 130 valence electrons. The summed E-state index contributed by atoms with van der Waals surface area (Å²) in [5.74, 6) is -0.472. The Morgan fingerprint density at radius 3 is 2.50 bits per heavy atom. The topological polar surface area (TPSA) is 60.9 Å². The van der Waals surface area contributed by atoms with E-state index in [4.69, 9.17) is 23.2 Å². The van der Waals surface area contributed by atoms with E-state index in [1.54, 1.807) is 18.2 Å². The van der Waals surface area contributed by atoms with Gasteiger partial charge in [-0.15, -0.1) is 0 Å². The first-order valence-corrected chi connectivity index (χ1v) is 8.96. The number of rotatable bonds is 4. The van der Waals surface area contributed by atoms with Crippen molar-refractivity contribution in [2.24, 2.45) is 0 Å². The van der Waals surface area contributed by atoms with Crippen LogP contribution in [-0.4, -0.2) is 47.1 Å². The van der Waals surface area contributed by atoms with E-state index in [2.05, 4.69) is 4.90 Å². The molecule has 0 bridgehead atoms. The van der Waals surface area contributed by atoms with E-state index in [1.165, 1.54) is 4.90 Å². The van der Waals surface area contributed by atoms with Gasteiger partial charge in [-0.25, -0.2) is 4.90 Å². The fourth-order valence-corrected chi connectivity index (χ4v) is 4.22. The number of piperidine rings is 1. The zero-order chi connectivity index (χ0) is 17.3. The van der Waals surface area contributed by atoms with E-state index in [0.717, 1.165) is 25.8 Å². The molecule has 24 heavy (non-hydrogen) atoms. The van der Waals surface area contributed by atoms with Crippen molar-refractivity contribution in [3.8, 4) is 0 Å². The van der Waals surface area contributed by atoms with Crippen LogP contribution in [0.2, 0.25) is 10.0 Å². The quantitative estimate of drug-likeness (QED) is 0.827. The highest BCUT2D eigenvalue weighted by Gasteiger charge is 2.45. The number of aliphatic hydroxyl groups is 1. The first kappa shape index (κ1) is 17.7. The van der Waals surface area contributed by atoms with E-state index >= 15 is 0 Å². The van der Waals surface area contributed by atoms with Crippen LogP contribution in [0.1, 0.15) is 32.1 Å². The summed E-state index contributed by atoms with van der Waals surface area (Å²) in [5.41, 5.74) is 0.417. The maximum atomic E-state index is 12.9. The second-order valence-electron chi connectivity index (χ2n) is 6.31. The fourth-order valence-electron chi connectivity index (χ4n) is 3.71. The molecule has 2 aliphatic rings. The minimum absolute atomic E-state index is 0.0869. The van der Waals surface area contributed by atoms with Gasteiger partial charge in [-0.05, 0) is 44.0 Å². The molecule has 7 heteroatoms. The minimum atomic E-state index is -0.466. The van der Waals surface area contributed by atoms with Crippen molar-refractivity contribution in [1.82, 2.24) is 4.90 Å². The van der Waals surface area contributed by atoms with Gasteiger partial charge in [0, 0.05) is 22.7 Å². The maximum absolute atomic E-state index is 12.9. The Morgan fingerprint density at radius 1 is 1.12 bits per heavy atom. The lowest BCUT2D eigenvalue weighted by atomic mass is 9.97. The smallest absolute Gasteiger partial charge is 0.251 e. The van der Waals surface area contributed by atoms with Crippen molar-refractivity contribution in [3.63, 3.8) is 0 Å². The molecule has 0 saturated carbocycles. The predicted octanol–water partition coefficient (Wildman–Crippen LogP) is 2.86. The van der Waals surface area contributed by atoms with Gasteiger partial charge in [0.2, 0.25) is 5.91 Å². The number of anilines is 1. The molecule has 2 aliphatic heterocycles. The van der Waals surface area contributed by atoms with Crippen LogP contribution in [0.25, 0.3) is 0 Å². The second-order valence-corrected chi connectivity index (χ2v) is 7.19. The van der Waals surface area contributed by atoms with Gasteiger partial charge in [0.1, 0.15) is 0 Å². The molecular formula is C17H20Cl2N2O3. The summed E-state index contributed by atoms with van der Waals surface area (Å²) < 4.78 is 0. The summed E-state index contributed by atoms with van der Waals surface area (Å²) in [6, 6.07) is 4.40. The Labute approximate surface area is 151 Å². The van der Waals surface area contributed by atoms with Gasteiger partial charge in [-0.3, -0.25) is 14.5 Å². The number of nitrogens with zero attached hydrogens (tertiary/aromatic N) is 2. The predicted molar refractivity (Wildman–Crippen MR) is 93.4 cm³/mol. The highest BCUT2D eigenvalue weighted by Crippen LogP contribution is 2.33. The Bertz CT molecular complexity index is 630. The third-order valence-electron chi connectivity index (χ3n) is 4.76. The maximum Gasteiger partial charge on any atom is 0.251 e. The molecule has 2 saturated heterocycles. The van der Waals surface area contributed by atoms with E-state index < -0.39 is 6.04 Å². The molecule has 2 heterocycles. The number of imide groups is 1. The molecule has 1 aromatic carbocycles. The summed E-state index contributed by atoms with van der Waals surface area (Å²) in [4.78, 5) is 28.6. The lowest BCUT2D eigenvalue weighted by molar-refractivity contribution is -0.123. The van der Waals surface area contributed by atoms with E-state index in [9.17, 15) is 14.7 Å². The lowest BCUT2D eigenvalue weighted by Gasteiger charge is -2.38. The van der Waals surface area contributed by atoms with Gasteiger partial charge in [0.25, 0.3) is 5.91 Å². The number of carbonyl (C=O) groups is 2. The number of amides is 2. The molecule has 3 rings (SSSR count). The van der Waals surface area contributed by atoms with Gasteiger partial charge in [0.05, 0.1) is 18.2 Å². The van der Waals surface area contributed by atoms with E-state index in [1.807, 2.05) is 0 Å². The fraction of sp³-hybridized carbons (Fsp3) is 0.529. The molecule has 2 amide bonds. The Hall–Kier alpha value is -1.14. The van der Waals surface area contributed by atoms with Crippen molar-refractivity contribution < 1.29 is 14.7 Å². The summed E-state index contributed by atoms with van der Waals surface area (Å²) in [5, 5.41) is 10.0. The summed E-state index contributed by atoms with van der Waals surface area (Å²) in [6.45, 7) is 0.863. The average molecular weight is 371 g/mol. The molecule has 0 aliphatic carbocycles. The number of benzene rings is 1. The number of carbonyl (C=O) groups excluding carboxylic acids is 2. The van der Waals surface area contributed by atoms with Crippen LogP contribution < -0.4 is 4.90 Å². The summed E-state index contributed by atoms with van der Waals surface area (Å²) in [6.07, 6.45) is 3.82. The zero-order valence-corrected chi connectivity index (χ0v) is 14.8. The van der Waals surface area contributed by atoms with Crippen molar-refractivity contribution in [2.45, 2.75) is 44.2 Å². The molecule has 0 spiro atoms. The van der Waals surface area contributed by atoms with Crippen molar-refractivity contribution in [3.05, 3.63) is 28.2 Å². The van der Waals surface area contributed by atoms with Crippen LogP contribution in [0.15, 0.2) is 18.2 Å². The number of halogens is 2. The third kappa shape index (κ3) is 3.45. The normalized spacial score (nSPS) is 25.5. The highest BCUT2D eigenvalue weighted by atomic mass is 35.5. The van der Waals surface area contributed by atoms with Gasteiger partial charge >= 0.3 is 0 Å². The standard InChI is InChI=1S/C17H20Cl2N2O3/c18-11-7-12(19)9-14(8-11)21-16(23)10-15(17(21)24)20-5-2-1-3-13(20)4-6-22/h7-9,13,15,22H,1-6,10H2. The van der Waals surface area contributed by atoms with Crippen LogP contribution in [0.4, 0.5) is 5.69 Å². The SMILES string of the molecule is O=C1CC(N2CCCCC2CCO)C(=O)N1c1cc(Cl)cc(Cl)c1. The van der Waals surface area contributed by atoms with Crippen molar-refractivity contribution >= 4 is 40.7 Å². The molecule has 0 radical (unpaired) electrons. The molecular weight excluding hydrogens is 351 g/mol. The third-order valence-corrected chi connectivity index (χ3v) is 5.20. The molecule has 1 N–H and O–H groups in total. The summed E-state index contributed by atoms with van der Waals surface area (Å²) in [7, 11) is 0. The number of aliphatic hydroxyl groups excluding tert-OH is 1. The average Bonchev–Trinajstić information content (AvgIpc) is 2.82. The highest BCUT2D eigenvalue weighted by molar-refractivity contribution is 6.35. The van der Waals surface area contributed by atoms with Crippen LogP contribution >= 0.6 is 23.2 Å². The molecule has 2 atom stereocenters. The lowest BCUT2D eigenvalue weighted by Crippen LogP contribution is -2.50. The van der Waals surface area contributed by atoms with Crippen LogP contribution in [-0.2, 0) is 9.59 Å². The molecule has 0 aromatic heterocycles. The molecule has 2 fully saturated rings. The number of hydrogen-bond donors (Lipinski definition) is 1. The van der Waals surface area contributed by atoms with Crippen LogP contribution in [0.5, 0.6) is 0 Å². The Balaban J connectivity index is 1.85. The molecule has 5 nitrogen and oxygen atoms in total. The van der Waals surface area contributed by atoms with Gasteiger partial charge < -0.3 is 5.11 Å². The first-order valence-electron chi connectivity index (χ1n) is 8.20. The molecule has 2 unspecified atom stereocenters. The Morgan fingerprint density at radius 2 is 1.83 bits per heavy atom. The number of hydrogen-bond acceptors (Lipinski definition) is 4. The van der Waals surface area contributed by atoms with Crippen molar-refractivity contribution in [1.29, 1.82) is 0 Å².